The fraction of sp³-hybridized carbons (Fsp3) is 0.529. The molecule has 0 radical (unpaired) electrons. The molecule has 0 heterocycles. The number of allylic oxidation sites excluding steroid dienone is 3. The van der Waals surface area contributed by atoms with Gasteiger partial charge in [-0.2, -0.15) is 0 Å². The van der Waals surface area contributed by atoms with Crippen LogP contribution in [-0.4, -0.2) is 19.0 Å². The first kappa shape index (κ1) is 17.2. The Morgan fingerprint density at radius 1 is 1.24 bits per heavy atom. The van der Waals surface area contributed by atoms with Crippen molar-refractivity contribution in [3.8, 4) is 0 Å². The second-order valence-corrected chi connectivity index (χ2v) is 5.15. The first-order chi connectivity index (χ1) is 10.1. The van der Waals surface area contributed by atoms with Crippen LogP contribution in [0.2, 0.25) is 0 Å². The van der Waals surface area contributed by atoms with Crippen molar-refractivity contribution < 1.29 is 19.1 Å². The summed E-state index contributed by atoms with van der Waals surface area (Å²) in [6.45, 7) is 5.50. The average molecular weight is 292 g/mol. The van der Waals surface area contributed by atoms with Gasteiger partial charge in [0.15, 0.2) is 0 Å². The fourth-order valence-corrected chi connectivity index (χ4v) is 2.67. The van der Waals surface area contributed by atoms with Gasteiger partial charge in [-0.05, 0) is 31.1 Å². The van der Waals surface area contributed by atoms with Crippen molar-refractivity contribution in [2.75, 3.05) is 7.11 Å². The molecule has 3 atom stereocenters. The minimum atomic E-state index is -0.255. The lowest BCUT2D eigenvalue weighted by molar-refractivity contribution is -0.143. The molecule has 0 saturated heterocycles. The number of hydrogen-bond acceptors (Lipinski definition) is 4. The summed E-state index contributed by atoms with van der Waals surface area (Å²) in [7, 11) is 1.37. The molecule has 0 amide bonds. The number of rotatable bonds is 7. The van der Waals surface area contributed by atoms with Crippen LogP contribution in [0.4, 0.5) is 0 Å². The summed E-state index contributed by atoms with van der Waals surface area (Å²) in [6, 6.07) is 0. The molecule has 0 aliphatic heterocycles. The van der Waals surface area contributed by atoms with E-state index in [1.807, 2.05) is 12.2 Å². The monoisotopic (exact) mass is 292 g/mol. The molecule has 21 heavy (non-hydrogen) atoms. The second kappa shape index (κ2) is 9.16. The minimum Gasteiger partial charge on any atom is -0.469 e. The van der Waals surface area contributed by atoms with Gasteiger partial charge in [0.25, 0.3) is 0 Å². The average Bonchev–Trinajstić information content (AvgIpc) is 2.88. The number of carbonyl (C=O) groups is 2. The summed E-state index contributed by atoms with van der Waals surface area (Å²) in [5.74, 6) is -0.152. The van der Waals surface area contributed by atoms with Gasteiger partial charge in [0.2, 0.25) is 0 Å². The topological polar surface area (TPSA) is 52.6 Å². The van der Waals surface area contributed by atoms with E-state index in [0.29, 0.717) is 0 Å². The van der Waals surface area contributed by atoms with E-state index in [1.54, 1.807) is 0 Å². The highest BCUT2D eigenvalue weighted by atomic mass is 16.5. The Kier molecular flexibility index (Phi) is 7.51. The van der Waals surface area contributed by atoms with E-state index in [1.165, 1.54) is 13.4 Å². The molecule has 0 spiro atoms. The third-order valence-corrected chi connectivity index (χ3v) is 3.69. The maximum atomic E-state index is 12.0. The van der Waals surface area contributed by atoms with Gasteiger partial charge in [-0.15, -0.1) is 0 Å². The summed E-state index contributed by atoms with van der Waals surface area (Å²) >= 11 is 0. The van der Waals surface area contributed by atoms with Crippen molar-refractivity contribution in [2.24, 2.45) is 17.8 Å². The lowest BCUT2D eigenvalue weighted by atomic mass is 9.95. The van der Waals surface area contributed by atoms with Crippen LogP contribution in [0.3, 0.4) is 0 Å². The van der Waals surface area contributed by atoms with Crippen LogP contribution >= 0.6 is 0 Å². The summed E-state index contributed by atoms with van der Waals surface area (Å²) in [4.78, 5) is 23.0. The van der Waals surface area contributed by atoms with E-state index in [0.717, 1.165) is 19.3 Å². The Hall–Kier alpha value is -1.84. The predicted molar refractivity (Wildman–Crippen MR) is 81.2 cm³/mol. The van der Waals surface area contributed by atoms with Crippen molar-refractivity contribution >= 4 is 11.9 Å². The Balaban J connectivity index is 2.66. The first-order valence-electron chi connectivity index (χ1n) is 7.33. The van der Waals surface area contributed by atoms with Gasteiger partial charge in [-0.1, -0.05) is 37.8 Å². The van der Waals surface area contributed by atoms with Gasteiger partial charge in [0.1, 0.15) is 0 Å². The standard InChI is InChI=1S/C17H24O4/c1-4-6-9-14-11-13(8-7-10-16(18)20-3)12-15(14)17(19)21-5-2/h5-9,13-15H,2,4,10-12H2,1,3H3/b8-7+,9-6+. The lowest BCUT2D eigenvalue weighted by Crippen LogP contribution is -2.18. The number of hydrogen-bond donors (Lipinski definition) is 0. The van der Waals surface area contributed by atoms with Crippen molar-refractivity contribution in [1.82, 2.24) is 0 Å². The van der Waals surface area contributed by atoms with Crippen LogP contribution in [0.15, 0.2) is 37.1 Å². The molecule has 4 heteroatoms. The minimum absolute atomic E-state index is 0.140. The third-order valence-electron chi connectivity index (χ3n) is 3.69. The van der Waals surface area contributed by atoms with Crippen LogP contribution in [0, 0.1) is 17.8 Å². The van der Waals surface area contributed by atoms with Gasteiger partial charge in [-0.3, -0.25) is 9.59 Å². The number of ether oxygens (including phenoxy) is 2. The quantitative estimate of drug-likeness (QED) is 0.410. The van der Waals surface area contributed by atoms with Gasteiger partial charge < -0.3 is 9.47 Å². The summed E-state index contributed by atoms with van der Waals surface area (Å²) in [5.41, 5.74) is 0. The highest BCUT2D eigenvalue weighted by Crippen LogP contribution is 2.39. The largest absolute Gasteiger partial charge is 0.469 e. The molecule has 0 N–H and O–H groups in total. The second-order valence-electron chi connectivity index (χ2n) is 5.15. The van der Waals surface area contributed by atoms with Gasteiger partial charge >= 0.3 is 11.9 Å². The predicted octanol–water partition coefficient (Wildman–Crippen LogP) is 3.40. The maximum absolute atomic E-state index is 12.0. The van der Waals surface area contributed by atoms with E-state index in [9.17, 15) is 9.59 Å². The Labute approximate surface area is 126 Å². The van der Waals surface area contributed by atoms with Crippen LogP contribution in [0.5, 0.6) is 0 Å². The number of methoxy groups -OCH3 is 1. The molecule has 0 aromatic carbocycles. The summed E-state index contributed by atoms with van der Waals surface area (Å²) < 4.78 is 9.53. The molecule has 1 saturated carbocycles. The molecule has 116 valence electrons. The van der Waals surface area contributed by atoms with E-state index in [2.05, 4.69) is 30.4 Å². The third kappa shape index (κ3) is 5.58. The zero-order chi connectivity index (χ0) is 15.7. The van der Waals surface area contributed by atoms with Gasteiger partial charge in [0.05, 0.1) is 25.7 Å². The molecule has 3 unspecified atom stereocenters. The Morgan fingerprint density at radius 2 is 2.00 bits per heavy atom. The maximum Gasteiger partial charge on any atom is 0.314 e. The van der Waals surface area contributed by atoms with Crippen molar-refractivity contribution in [3.05, 3.63) is 37.1 Å². The highest BCUT2D eigenvalue weighted by molar-refractivity contribution is 5.74. The summed E-state index contributed by atoms with van der Waals surface area (Å²) in [5, 5.41) is 0. The zero-order valence-corrected chi connectivity index (χ0v) is 12.8. The van der Waals surface area contributed by atoms with Crippen LogP contribution < -0.4 is 0 Å². The molecule has 4 nitrogen and oxygen atoms in total. The first-order valence-corrected chi connectivity index (χ1v) is 7.33. The molecule has 0 bridgehead atoms. The molecule has 1 rings (SSSR count). The van der Waals surface area contributed by atoms with E-state index < -0.39 is 0 Å². The summed E-state index contributed by atoms with van der Waals surface area (Å²) in [6.07, 6.45) is 12.0. The Morgan fingerprint density at radius 3 is 2.62 bits per heavy atom. The normalized spacial score (nSPS) is 25.3. The lowest BCUT2D eigenvalue weighted by Gasteiger charge is -2.12. The molecule has 0 aromatic heterocycles. The van der Waals surface area contributed by atoms with E-state index in [4.69, 9.17) is 4.74 Å². The smallest absolute Gasteiger partial charge is 0.314 e. The number of esters is 2. The SMILES string of the molecule is C=COC(=O)C1CC(/C=C/CC(=O)OC)CC1/C=C/CC. The molecule has 1 aliphatic carbocycles. The Bertz CT molecular complexity index is 423. The molecule has 1 fully saturated rings. The fourth-order valence-electron chi connectivity index (χ4n) is 2.67. The van der Waals surface area contributed by atoms with Gasteiger partial charge in [0, 0.05) is 0 Å². The van der Waals surface area contributed by atoms with E-state index >= 15 is 0 Å². The van der Waals surface area contributed by atoms with Crippen LogP contribution in [0.1, 0.15) is 32.6 Å². The highest BCUT2D eigenvalue weighted by Gasteiger charge is 2.37. The van der Waals surface area contributed by atoms with Crippen LogP contribution in [0.25, 0.3) is 0 Å². The zero-order valence-electron chi connectivity index (χ0n) is 12.8. The van der Waals surface area contributed by atoms with Crippen molar-refractivity contribution in [2.45, 2.75) is 32.6 Å². The van der Waals surface area contributed by atoms with Gasteiger partial charge in [-0.25, -0.2) is 0 Å². The molecule has 0 aromatic rings. The number of carbonyl (C=O) groups excluding carboxylic acids is 2. The van der Waals surface area contributed by atoms with Crippen LogP contribution in [-0.2, 0) is 19.1 Å². The molecule has 1 aliphatic rings. The molecular formula is C17H24O4. The van der Waals surface area contributed by atoms with Crippen molar-refractivity contribution in [1.29, 1.82) is 0 Å². The van der Waals surface area contributed by atoms with E-state index in [-0.39, 0.29) is 36.1 Å². The van der Waals surface area contributed by atoms with Crippen molar-refractivity contribution in [3.63, 3.8) is 0 Å². The molecular weight excluding hydrogens is 268 g/mol.